The van der Waals surface area contributed by atoms with E-state index in [1.165, 1.54) is 0 Å². The monoisotopic (exact) mass is 296 g/mol. The van der Waals surface area contributed by atoms with Gasteiger partial charge >= 0.3 is 0 Å². The summed E-state index contributed by atoms with van der Waals surface area (Å²) in [6.45, 7) is 4.07. The molecular weight excluding hydrogens is 283 g/mol. The highest BCUT2D eigenvalue weighted by molar-refractivity contribution is 6.43. The summed E-state index contributed by atoms with van der Waals surface area (Å²) in [4.78, 5) is 12.2. The maximum absolute atomic E-state index is 12.2. The molecule has 0 aliphatic heterocycles. The molecule has 0 unspecified atom stereocenters. The number of Topliss-reactive ketones (excluding diaryl/α,β-unsaturated/α-hetero) is 1. The second-order valence-corrected chi connectivity index (χ2v) is 5.37. The average molecular weight is 297 g/mol. The van der Waals surface area contributed by atoms with Crippen molar-refractivity contribution in [3.63, 3.8) is 0 Å². The highest BCUT2D eigenvalue weighted by atomic mass is 35.5. The Bertz CT molecular complexity index is 605. The summed E-state index contributed by atoms with van der Waals surface area (Å²) in [5, 5.41) is 5.04. The fraction of sp³-hybridized carbons (Fsp3) is 0.286. The number of hydrogen-bond donors (Lipinski definition) is 0. The van der Waals surface area contributed by atoms with Gasteiger partial charge in [0.2, 0.25) is 0 Å². The lowest BCUT2D eigenvalue weighted by atomic mass is 10.1. The molecule has 0 radical (unpaired) electrons. The normalized spacial score (nSPS) is 11.0. The third-order valence-electron chi connectivity index (χ3n) is 2.79. The zero-order valence-electron chi connectivity index (χ0n) is 10.7. The average Bonchev–Trinajstić information content (AvgIpc) is 2.81. The molecule has 2 rings (SSSR count). The fourth-order valence-corrected chi connectivity index (χ4v) is 2.14. The second kappa shape index (κ2) is 5.76. The molecule has 5 heteroatoms. The second-order valence-electron chi connectivity index (χ2n) is 4.58. The van der Waals surface area contributed by atoms with Crippen LogP contribution in [0.1, 0.15) is 35.9 Å². The van der Waals surface area contributed by atoms with Crippen LogP contribution in [0.3, 0.4) is 0 Å². The van der Waals surface area contributed by atoms with Crippen LogP contribution in [0.5, 0.6) is 0 Å². The van der Waals surface area contributed by atoms with Crippen molar-refractivity contribution < 1.29 is 4.79 Å². The van der Waals surface area contributed by atoms with Crippen LogP contribution in [0.15, 0.2) is 30.5 Å². The smallest absolute Gasteiger partial charge is 0.170 e. The van der Waals surface area contributed by atoms with Gasteiger partial charge in [-0.15, -0.1) is 0 Å². The minimum absolute atomic E-state index is 0.0819. The van der Waals surface area contributed by atoms with Crippen LogP contribution in [0.4, 0.5) is 0 Å². The Morgan fingerprint density at radius 3 is 2.68 bits per heavy atom. The topological polar surface area (TPSA) is 34.9 Å². The summed E-state index contributed by atoms with van der Waals surface area (Å²) in [6.07, 6.45) is 2.09. The maximum atomic E-state index is 12.2. The number of carbonyl (C=O) groups is 1. The number of benzene rings is 1. The zero-order valence-corrected chi connectivity index (χ0v) is 12.2. The van der Waals surface area contributed by atoms with Gasteiger partial charge in [-0.2, -0.15) is 5.10 Å². The van der Waals surface area contributed by atoms with E-state index in [0.717, 1.165) is 5.69 Å². The third kappa shape index (κ3) is 3.17. The van der Waals surface area contributed by atoms with Crippen molar-refractivity contribution in [1.82, 2.24) is 9.78 Å². The first-order valence-electron chi connectivity index (χ1n) is 6.00. The van der Waals surface area contributed by atoms with Crippen molar-refractivity contribution in [2.45, 2.75) is 26.3 Å². The number of ketones is 1. The lowest BCUT2D eigenvalue weighted by molar-refractivity contribution is 0.0992. The van der Waals surface area contributed by atoms with Gasteiger partial charge in [0.25, 0.3) is 0 Å². The van der Waals surface area contributed by atoms with Crippen molar-refractivity contribution in [2.75, 3.05) is 0 Å². The van der Waals surface area contributed by atoms with Gasteiger partial charge in [0, 0.05) is 17.8 Å². The van der Waals surface area contributed by atoms with Gasteiger partial charge in [0.1, 0.15) is 0 Å². The first-order chi connectivity index (χ1) is 8.99. The van der Waals surface area contributed by atoms with Gasteiger partial charge in [-0.05, 0) is 32.0 Å². The number of carbonyl (C=O) groups excluding carboxylic acids is 1. The van der Waals surface area contributed by atoms with Gasteiger partial charge in [0.05, 0.1) is 22.2 Å². The predicted octanol–water partition coefficient (Wildman–Crippen LogP) is 4.20. The quantitative estimate of drug-likeness (QED) is 0.793. The van der Waals surface area contributed by atoms with E-state index in [-0.39, 0.29) is 18.2 Å². The molecule has 0 saturated carbocycles. The number of rotatable bonds is 4. The van der Waals surface area contributed by atoms with Gasteiger partial charge in [0.15, 0.2) is 5.78 Å². The lowest BCUT2D eigenvalue weighted by Gasteiger charge is -2.05. The molecule has 0 aliphatic rings. The third-order valence-corrected chi connectivity index (χ3v) is 3.61. The molecule has 0 fully saturated rings. The van der Waals surface area contributed by atoms with Crippen molar-refractivity contribution in [3.8, 4) is 0 Å². The number of hydrogen-bond acceptors (Lipinski definition) is 2. The Labute approximate surface area is 122 Å². The van der Waals surface area contributed by atoms with E-state index >= 15 is 0 Å². The Kier molecular flexibility index (Phi) is 4.27. The molecule has 0 amide bonds. The van der Waals surface area contributed by atoms with Crippen LogP contribution >= 0.6 is 23.2 Å². The van der Waals surface area contributed by atoms with Crippen LogP contribution in [0.25, 0.3) is 0 Å². The van der Waals surface area contributed by atoms with Crippen LogP contribution < -0.4 is 0 Å². The number of aromatic nitrogens is 2. The summed E-state index contributed by atoms with van der Waals surface area (Å²) in [5.41, 5.74) is 1.17. The predicted molar refractivity (Wildman–Crippen MR) is 77.1 cm³/mol. The lowest BCUT2D eigenvalue weighted by Crippen LogP contribution is -2.07. The highest BCUT2D eigenvalue weighted by Crippen LogP contribution is 2.26. The Hall–Kier alpha value is -1.32. The summed E-state index contributed by atoms with van der Waals surface area (Å²) in [7, 11) is 0. The van der Waals surface area contributed by atoms with Gasteiger partial charge in [-0.25, -0.2) is 0 Å². The van der Waals surface area contributed by atoms with Gasteiger partial charge < -0.3 is 0 Å². The Balaban J connectivity index is 2.18. The minimum Gasteiger partial charge on any atom is -0.294 e. The van der Waals surface area contributed by atoms with Crippen molar-refractivity contribution in [2.24, 2.45) is 0 Å². The minimum atomic E-state index is -0.0819. The summed E-state index contributed by atoms with van der Waals surface area (Å²) >= 11 is 11.9. The van der Waals surface area contributed by atoms with E-state index in [9.17, 15) is 4.79 Å². The van der Waals surface area contributed by atoms with Crippen LogP contribution in [-0.2, 0) is 6.42 Å². The molecule has 100 valence electrons. The van der Waals surface area contributed by atoms with Crippen molar-refractivity contribution in [3.05, 3.63) is 51.8 Å². The molecule has 0 saturated heterocycles. The maximum Gasteiger partial charge on any atom is 0.170 e. The van der Waals surface area contributed by atoms with Crippen LogP contribution in [-0.4, -0.2) is 15.6 Å². The van der Waals surface area contributed by atoms with E-state index in [2.05, 4.69) is 5.10 Å². The standard InChI is InChI=1S/C14H14Cl2N2O/c1-9(2)18-7-6-10(17-18)8-13(19)11-4-3-5-12(15)14(11)16/h3-7,9H,8H2,1-2H3. The molecule has 2 aromatic rings. The van der Waals surface area contributed by atoms with Crippen molar-refractivity contribution in [1.29, 1.82) is 0 Å². The Morgan fingerprint density at radius 2 is 2.05 bits per heavy atom. The summed E-state index contributed by atoms with van der Waals surface area (Å²) in [6, 6.07) is 7.17. The SMILES string of the molecule is CC(C)n1ccc(CC(=O)c2cccc(Cl)c2Cl)n1. The molecule has 0 spiro atoms. The molecule has 1 aromatic carbocycles. The molecule has 0 bridgehead atoms. The fourth-order valence-electron chi connectivity index (χ4n) is 1.74. The van der Waals surface area contributed by atoms with Crippen molar-refractivity contribution >= 4 is 29.0 Å². The molecule has 1 aromatic heterocycles. The molecule has 0 aliphatic carbocycles. The first-order valence-corrected chi connectivity index (χ1v) is 6.76. The molecular formula is C14H14Cl2N2O. The Morgan fingerprint density at radius 1 is 1.32 bits per heavy atom. The number of nitrogens with zero attached hydrogens (tertiary/aromatic N) is 2. The van der Waals surface area contributed by atoms with E-state index in [0.29, 0.717) is 15.6 Å². The van der Waals surface area contributed by atoms with E-state index in [1.54, 1.807) is 18.2 Å². The van der Waals surface area contributed by atoms with E-state index < -0.39 is 0 Å². The first kappa shape index (κ1) is 14.1. The summed E-state index contributed by atoms with van der Waals surface area (Å²) < 4.78 is 1.82. The number of halogens is 2. The molecule has 1 heterocycles. The largest absolute Gasteiger partial charge is 0.294 e. The molecule has 19 heavy (non-hydrogen) atoms. The van der Waals surface area contributed by atoms with Crippen LogP contribution in [0, 0.1) is 0 Å². The summed E-state index contributed by atoms with van der Waals surface area (Å²) in [5.74, 6) is -0.0819. The molecule has 3 nitrogen and oxygen atoms in total. The molecule has 0 atom stereocenters. The van der Waals surface area contributed by atoms with Crippen LogP contribution in [0.2, 0.25) is 10.0 Å². The molecule has 0 N–H and O–H groups in total. The highest BCUT2D eigenvalue weighted by Gasteiger charge is 2.14. The van der Waals surface area contributed by atoms with Gasteiger partial charge in [-0.1, -0.05) is 29.3 Å². The van der Waals surface area contributed by atoms with E-state index in [1.807, 2.05) is 30.8 Å². The van der Waals surface area contributed by atoms with Gasteiger partial charge in [-0.3, -0.25) is 9.48 Å². The zero-order chi connectivity index (χ0) is 14.0. The van der Waals surface area contributed by atoms with E-state index in [4.69, 9.17) is 23.2 Å².